The molecule has 1 saturated heterocycles. The van der Waals surface area contributed by atoms with E-state index in [1.165, 1.54) is 0 Å². The van der Waals surface area contributed by atoms with Crippen molar-refractivity contribution < 1.29 is 9.90 Å². The van der Waals surface area contributed by atoms with Gasteiger partial charge in [-0.1, -0.05) is 6.92 Å². The number of nitrogens with zero attached hydrogens (tertiary/aromatic N) is 3. The van der Waals surface area contributed by atoms with Crippen LogP contribution < -0.4 is 4.90 Å². The topological polar surface area (TPSA) is 67.6 Å². The van der Waals surface area contributed by atoms with E-state index in [0.29, 0.717) is 23.7 Å². The van der Waals surface area contributed by atoms with E-state index in [1.54, 1.807) is 19.1 Å². The molecule has 0 saturated carbocycles. The maximum absolute atomic E-state index is 11.6. The Balaban J connectivity index is 2.24. The highest BCUT2D eigenvalue weighted by molar-refractivity contribution is 5.95. The van der Waals surface area contributed by atoms with Gasteiger partial charge < -0.3 is 10.0 Å². The molecule has 1 fully saturated rings. The van der Waals surface area contributed by atoms with Crippen molar-refractivity contribution >= 4 is 11.5 Å². The van der Waals surface area contributed by atoms with Gasteiger partial charge in [0.1, 0.15) is 6.07 Å². The highest BCUT2D eigenvalue weighted by atomic mass is 16.3. The van der Waals surface area contributed by atoms with Crippen LogP contribution in [-0.4, -0.2) is 54.1 Å². The third-order valence-corrected chi connectivity index (χ3v) is 4.44. The number of ketones is 1. The van der Waals surface area contributed by atoms with Crippen LogP contribution >= 0.6 is 0 Å². The number of Topliss-reactive ketones (excluding diaryl/α,β-unsaturated/α-hetero) is 1. The van der Waals surface area contributed by atoms with Crippen LogP contribution in [-0.2, 0) is 0 Å². The zero-order valence-corrected chi connectivity index (χ0v) is 14.1. The van der Waals surface area contributed by atoms with Crippen LogP contribution in [0, 0.1) is 11.3 Å². The maximum atomic E-state index is 11.6. The first-order valence-corrected chi connectivity index (χ1v) is 8.18. The predicted octanol–water partition coefficient (Wildman–Crippen LogP) is 2.04. The molecule has 1 aliphatic rings. The summed E-state index contributed by atoms with van der Waals surface area (Å²) in [5.41, 5.74) is 2.09. The molecule has 0 aromatic heterocycles. The molecule has 5 nitrogen and oxygen atoms in total. The molecule has 1 heterocycles. The molecule has 5 heteroatoms. The minimum Gasteiger partial charge on any atom is -0.392 e. The number of carbonyl (C=O) groups is 1. The van der Waals surface area contributed by atoms with E-state index < -0.39 is 0 Å². The first-order chi connectivity index (χ1) is 11.0. The lowest BCUT2D eigenvalue weighted by molar-refractivity contribution is 0.0885. The summed E-state index contributed by atoms with van der Waals surface area (Å²) in [5, 5.41) is 19.0. The summed E-state index contributed by atoms with van der Waals surface area (Å²) in [6, 6.07) is 7.84. The fraction of sp³-hybridized carbons (Fsp3) is 0.556. The fourth-order valence-corrected chi connectivity index (χ4v) is 3.19. The van der Waals surface area contributed by atoms with Crippen molar-refractivity contribution in [2.45, 2.75) is 39.3 Å². The van der Waals surface area contributed by atoms with Gasteiger partial charge in [0, 0.05) is 37.8 Å². The number of hydrogen-bond acceptors (Lipinski definition) is 5. The van der Waals surface area contributed by atoms with E-state index in [9.17, 15) is 15.2 Å². The number of benzene rings is 1. The van der Waals surface area contributed by atoms with E-state index >= 15 is 0 Å². The van der Waals surface area contributed by atoms with Gasteiger partial charge >= 0.3 is 0 Å². The van der Waals surface area contributed by atoms with E-state index in [1.807, 2.05) is 13.0 Å². The normalized spacial score (nSPS) is 20.1. The molecule has 1 aromatic carbocycles. The number of aliphatic hydroxyl groups excluding tert-OH is 1. The number of hydrogen-bond donors (Lipinski definition) is 1. The van der Waals surface area contributed by atoms with Crippen molar-refractivity contribution in [1.29, 1.82) is 5.26 Å². The predicted molar refractivity (Wildman–Crippen MR) is 90.7 cm³/mol. The van der Waals surface area contributed by atoms with E-state index in [-0.39, 0.29) is 11.9 Å². The number of piperazine rings is 1. The van der Waals surface area contributed by atoms with Gasteiger partial charge in [0.15, 0.2) is 5.78 Å². The van der Waals surface area contributed by atoms with Crippen LogP contribution in [0.3, 0.4) is 0 Å². The molecule has 124 valence electrons. The third-order valence-electron chi connectivity index (χ3n) is 4.44. The van der Waals surface area contributed by atoms with Gasteiger partial charge in [-0.25, -0.2) is 0 Å². The molecule has 23 heavy (non-hydrogen) atoms. The number of carbonyl (C=O) groups excluding carboxylic acids is 1. The standard InChI is InChI=1S/C18H25N3O2/c1-4-17-12-21(8-7-20(17)11-13(2)22)18-9-15(14(3)23)5-6-16(18)10-19/h5-6,9,13,17,22H,4,7-8,11-12H2,1-3H3. The van der Waals surface area contributed by atoms with Crippen molar-refractivity contribution in [3.8, 4) is 6.07 Å². The van der Waals surface area contributed by atoms with Crippen LogP contribution in [0.1, 0.15) is 43.1 Å². The summed E-state index contributed by atoms with van der Waals surface area (Å²) in [4.78, 5) is 16.1. The minimum absolute atomic E-state index is 0.00974. The maximum Gasteiger partial charge on any atom is 0.159 e. The van der Waals surface area contributed by atoms with E-state index in [4.69, 9.17) is 0 Å². The lowest BCUT2D eigenvalue weighted by Gasteiger charge is -2.43. The lowest BCUT2D eigenvalue weighted by atomic mass is 10.0. The molecule has 0 spiro atoms. The second-order valence-electron chi connectivity index (χ2n) is 6.25. The molecular weight excluding hydrogens is 290 g/mol. The van der Waals surface area contributed by atoms with E-state index in [2.05, 4.69) is 22.8 Å². The lowest BCUT2D eigenvalue weighted by Crippen LogP contribution is -2.54. The van der Waals surface area contributed by atoms with Crippen LogP contribution in [0.4, 0.5) is 5.69 Å². The van der Waals surface area contributed by atoms with Crippen molar-refractivity contribution in [1.82, 2.24) is 4.90 Å². The zero-order chi connectivity index (χ0) is 17.0. The quantitative estimate of drug-likeness (QED) is 0.842. The molecule has 0 aliphatic carbocycles. The summed E-state index contributed by atoms with van der Waals surface area (Å²) >= 11 is 0. The van der Waals surface area contributed by atoms with Crippen LogP contribution in [0.15, 0.2) is 18.2 Å². The van der Waals surface area contributed by atoms with Gasteiger partial charge in [0.05, 0.1) is 17.4 Å². The Morgan fingerprint density at radius 2 is 2.22 bits per heavy atom. The average Bonchev–Trinajstić information content (AvgIpc) is 2.54. The molecule has 2 unspecified atom stereocenters. The Labute approximate surface area is 138 Å². The van der Waals surface area contributed by atoms with Gasteiger partial charge in [0.2, 0.25) is 0 Å². The van der Waals surface area contributed by atoms with Gasteiger partial charge in [-0.05, 0) is 38.5 Å². The monoisotopic (exact) mass is 315 g/mol. The molecule has 1 N–H and O–H groups in total. The molecule has 0 radical (unpaired) electrons. The molecule has 1 aromatic rings. The molecule has 0 bridgehead atoms. The molecule has 2 atom stereocenters. The summed E-state index contributed by atoms with van der Waals surface area (Å²) in [6.07, 6.45) is 0.642. The SMILES string of the molecule is CCC1CN(c2cc(C(C)=O)ccc2C#N)CCN1CC(C)O. The van der Waals surface area contributed by atoms with E-state index in [0.717, 1.165) is 31.7 Å². The largest absolute Gasteiger partial charge is 0.392 e. The van der Waals surface area contributed by atoms with Gasteiger partial charge in [-0.2, -0.15) is 5.26 Å². The highest BCUT2D eigenvalue weighted by Crippen LogP contribution is 2.26. The number of aliphatic hydroxyl groups is 1. The van der Waals surface area contributed by atoms with Gasteiger partial charge in [-0.15, -0.1) is 0 Å². The Morgan fingerprint density at radius 1 is 1.48 bits per heavy atom. The van der Waals surface area contributed by atoms with Crippen LogP contribution in [0.2, 0.25) is 0 Å². The van der Waals surface area contributed by atoms with Gasteiger partial charge in [-0.3, -0.25) is 9.69 Å². The van der Waals surface area contributed by atoms with Crippen molar-refractivity contribution in [3.05, 3.63) is 29.3 Å². The summed E-state index contributed by atoms with van der Waals surface area (Å²) in [7, 11) is 0. The number of rotatable bonds is 5. The highest BCUT2D eigenvalue weighted by Gasteiger charge is 2.27. The summed E-state index contributed by atoms with van der Waals surface area (Å²) in [6.45, 7) is 8.60. The first-order valence-electron chi connectivity index (χ1n) is 8.18. The molecule has 1 aliphatic heterocycles. The minimum atomic E-state index is -0.341. The molecule has 2 rings (SSSR count). The Morgan fingerprint density at radius 3 is 2.78 bits per heavy atom. The fourth-order valence-electron chi connectivity index (χ4n) is 3.19. The van der Waals surface area contributed by atoms with Gasteiger partial charge in [0.25, 0.3) is 0 Å². The Hall–Kier alpha value is -1.90. The Bertz CT molecular complexity index is 607. The molecule has 0 amide bonds. The number of anilines is 1. The smallest absolute Gasteiger partial charge is 0.159 e. The number of nitriles is 1. The number of β-amino-alcohol motifs (C(OH)–C–C–N with tert-alkyl or cyclic N) is 1. The Kier molecular flexibility index (Phi) is 5.75. The van der Waals surface area contributed by atoms with Crippen LogP contribution in [0.5, 0.6) is 0 Å². The molecular formula is C18H25N3O2. The zero-order valence-electron chi connectivity index (χ0n) is 14.1. The first kappa shape index (κ1) is 17.5. The summed E-state index contributed by atoms with van der Waals surface area (Å²) < 4.78 is 0. The third kappa shape index (κ3) is 4.10. The van der Waals surface area contributed by atoms with Crippen LogP contribution in [0.25, 0.3) is 0 Å². The van der Waals surface area contributed by atoms with Crippen molar-refractivity contribution in [2.75, 3.05) is 31.1 Å². The van der Waals surface area contributed by atoms with Crippen molar-refractivity contribution in [2.24, 2.45) is 0 Å². The average molecular weight is 315 g/mol. The van der Waals surface area contributed by atoms with Crippen molar-refractivity contribution in [3.63, 3.8) is 0 Å². The summed E-state index contributed by atoms with van der Waals surface area (Å²) in [5.74, 6) is 0.00974. The second-order valence-corrected chi connectivity index (χ2v) is 6.25. The second kappa shape index (κ2) is 7.58.